The standard InChI is InChI=1S/C16H16BrClN2O/c1-11-2-5-14(10-15(11)17)20-16(21)8-9-19-13-6-3-12(18)4-7-13/h2-7,10,19H,8-9H2,1H3,(H,20,21). The number of rotatable bonds is 5. The maximum Gasteiger partial charge on any atom is 0.226 e. The van der Waals surface area contributed by atoms with Gasteiger partial charge in [0.05, 0.1) is 0 Å². The molecular weight excluding hydrogens is 352 g/mol. The van der Waals surface area contributed by atoms with Crippen molar-refractivity contribution >= 4 is 44.8 Å². The molecule has 0 unspecified atom stereocenters. The van der Waals surface area contributed by atoms with E-state index in [1.165, 1.54) is 0 Å². The SMILES string of the molecule is Cc1ccc(NC(=O)CCNc2ccc(Cl)cc2)cc1Br. The highest BCUT2D eigenvalue weighted by Gasteiger charge is 2.03. The predicted octanol–water partition coefficient (Wildman–Crippen LogP) is 4.85. The monoisotopic (exact) mass is 366 g/mol. The minimum Gasteiger partial charge on any atom is -0.385 e. The van der Waals surface area contributed by atoms with Crippen LogP contribution in [0.15, 0.2) is 46.9 Å². The summed E-state index contributed by atoms with van der Waals surface area (Å²) in [6, 6.07) is 13.2. The maximum absolute atomic E-state index is 11.9. The topological polar surface area (TPSA) is 41.1 Å². The third-order valence-electron chi connectivity index (χ3n) is 2.98. The van der Waals surface area contributed by atoms with Gasteiger partial charge in [0, 0.05) is 33.8 Å². The lowest BCUT2D eigenvalue weighted by Crippen LogP contribution is -2.16. The summed E-state index contributed by atoms with van der Waals surface area (Å²) in [6.07, 6.45) is 0.397. The van der Waals surface area contributed by atoms with E-state index in [-0.39, 0.29) is 5.91 Å². The largest absolute Gasteiger partial charge is 0.385 e. The third kappa shape index (κ3) is 5.06. The summed E-state index contributed by atoms with van der Waals surface area (Å²) >= 11 is 9.27. The number of carbonyl (C=O) groups is 1. The van der Waals surface area contributed by atoms with Crippen LogP contribution in [0.5, 0.6) is 0 Å². The second kappa shape index (κ2) is 7.48. The molecule has 0 fully saturated rings. The minimum absolute atomic E-state index is 0.0211. The first-order chi connectivity index (χ1) is 10.0. The van der Waals surface area contributed by atoms with Crippen LogP contribution in [-0.4, -0.2) is 12.5 Å². The van der Waals surface area contributed by atoms with Gasteiger partial charge in [0.25, 0.3) is 0 Å². The van der Waals surface area contributed by atoms with E-state index in [1.54, 1.807) is 0 Å². The molecule has 0 bridgehead atoms. The Morgan fingerprint density at radius 2 is 1.81 bits per heavy atom. The average molecular weight is 368 g/mol. The zero-order valence-corrected chi connectivity index (χ0v) is 14.0. The van der Waals surface area contributed by atoms with E-state index in [0.717, 1.165) is 21.4 Å². The molecule has 21 heavy (non-hydrogen) atoms. The Bertz CT molecular complexity index is 629. The molecule has 0 aliphatic carbocycles. The number of nitrogens with one attached hydrogen (secondary N) is 2. The number of amides is 1. The first kappa shape index (κ1) is 15.9. The number of carbonyl (C=O) groups excluding carboxylic acids is 1. The quantitative estimate of drug-likeness (QED) is 0.793. The molecule has 110 valence electrons. The molecule has 2 N–H and O–H groups in total. The minimum atomic E-state index is -0.0211. The molecule has 0 heterocycles. The normalized spacial score (nSPS) is 10.2. The van der Waals surface area contributed by atoms with Gasteiger partial charge >= 0.3 is 0 Å². The van der Waals surface area contributed by atoms with Gasteiger partial charge in [-0.3, -0.25) is 4.79 Å². The predicted molar refractivity (Wildman–Crippen MR) is 92.1 cm³/mol. The Balaban J connectivity index is 1.79. The Morgan fingerprint density at radius 3 is 2.48 bits per heavy atom. The van der Waals surface area contributed by atoms with E-state index in [0.29, 0.717) is 18.0 Å². The molecule has 0 aliphatic heterocycles. The molecule has 2 rings (SSSR count). The van der Waals surface area contributed by atoms with E-state index in [1.807, 2.05) is 49.4 Å². The number of halogens is 2. The molecular formula is C16H16BrClN2O. The molecule has 2 aromatic carbocycles. The average Bonchev–Trinajstić information content (AvgIpc) is 2.45. The van der Waals surface area contributed by atoms with Crippen molar-refractivity contribution in [3.63, 3.8) is 0 Å². The molecule has 0 aliphatic rings. The van der Waals surface area contributed by atoms with Crippen molar-refractivity contribution in [2.75, 3.05) is 17.2 Å². The summed E-state index contributed by atoms with van der Waals surface area (Å²) in [7, 11) is 0. The number of benzene rings is 2. The van der Waals surface area contributed by atoms with Gasteiger partial charge in [0.2, 0.25) is 5.91 Å². The number of anilines is 2. The van der Waals surface area contributed by atoms with Gasteiger partial charge in [-0.05, 0) is 48.9 Å². The molecule has 0 atom stereocenters. The summed E-state index contributed by atoms with van der Waals surface area (Å²) in [5, 5.41) is 6.75. The van der Waals surface area contributed by atoms with E-state index < -0.39 is 0 Å². The van der Waals surface area contributed by atoms with Crippen LogP contribution in [0.1, 0.15) is 12.0 Å². The molecule has 0 aromatic heterocycles. The Morgan fingerprint density at radius 1 is 1.14 bits per heavy atom. The van der Waals surface area contributed by atoms with E-state index in [9.17, 15) is 4.79 Å². The highest BCUT2D eigenvalue weighted by atomic mass is 79.9. The fourth-order valence-corrected chi connectivity index (χ4v) is 2.29. The number of hydrogen-bond acceptors (Lipinski definition) is 2. The summed E-state index contributed by atoms with van der Waals surface area (Å²) < 4.78 is 0.986. The first-order valence-electron chi connectivity index (χ1n) is 6.60. The number of hydrogen-bond donors (Lipinski definition) is 2. The fraction of sp³-hybridized carbons (Fsp3) is 0.188. The van der Waals surface area contributed by atoms with Crippen LogP contribution < -0.4 is 10.6 Å². The summed E-state index contributed by atoms with van der Waals surface area (Å²) in [5.41, 5.74) is 2.88. The highest BCUT2D eigenvalue weighted by molar-refractivity contribution is 9.10. The fourth-order valence-electron chi connectivity index (χ4n) is 1.78. The van der Waals surface area contributed by atoms with Gasteiger partial charge in [-0.25, -0.2) is 0 Å². The molecule has 1 amide bonds. The van der Waals surface area contributed by atoms with Gasteiger partial charge in [-0.2, -0.15) is 0 Å². The van der Waals surface area contributed by atoms with Crippen molar-refractivity contribution in [1.29, 1.82) is 0 Å². The Hall–Kier alpha value is -1.52. The second-order valence-electron chi connectivity index (χ2n) is 4.70. The van der Waals surface area contributed by atoms with Crippen molar-refractivity contribution in [3.05, 3.63) is 57.5 Å². The van der Waals surface area contributed by atoms with Crippen LogP contribution in [0.4, 0.5) is 11.4 Å². The van der Waals surface area contributed by atoms with E-state index in [4.69, 9.17) is 11.6 Å². The summed E-state index contributed by atoms with van der Waals surface area (Å²) in [5.74, 6) is -0.0211. The molecule has 3 nitrogen and oxygen atoms in total. The molecule has 5 heteroatoms. The van der Waals surface area contributed by atoms with Crippen LogP contribution >= 0.6 is 27.5 Å². The summed E-state index contributed by atoms with van der Waals surface area (Å²) in [4.78, 5) is 11.9. The van der Waals surface area contributed by atoms with Gasteiger partial charge < -0.3 is 10.6 Å². The Labute approximate surface area is 137 Å². The highest BCUT2D eigenvalue weighted by Crippen LogP contribution is 2.20. The lowest BCUT2D eigenvalue weighted by Gasteiger charge is -2.08. The van der Waals surface area contributed by atoms with Crippen molar-refractivity contribution < 1.29 is 4.79 Å². The maximum atomic E-state index is 11.9. The first-order valence-corrected chi connectivity index (χ1v) is 7.77. The van der Waals surface area contributed by atoms with Crippen molar-refractivity contribution in [3.8, 4) is 0 Å². The van der Waals surface area contributed by atoms with Gasteiger partial charge in [-0.1, -0.05) is 33.6 Å². The second-order valence-corrected chi connectivity index (χ2v) is 5.99. The van der Waals surface area contributed by atoms with Crippen molar-refractivity contribution in [2.24, 2.45) is 0 Å². The van der Waals surface area contributed by atoms with Gasteiger partial charge in [0.1, 0.15) is 0 Å². The zero-order valence-electron chi connectivity index (χ0n) is 11.6. The summed E-state index contributed by atoms with van der Waals surface area (Å²) in [6.45, 7) is 2.58. The molecule has 0 radical (unpaired) electrons. The molecule has 0 saturated carbocycles. The molecule has 2 aromatic rings. The molecule has 0 spiro atoms. The Kier molecular flexibility index (Phi) is 5.65. The smallest absolute Gasteiger partial charge is 0.226 e. The van der Waals surface area contributed by atoms with Gasteiger partial charge in [0.15, 0.2) is 0 Å². The number of aryl methyl sites for hydroxylation is 1. The van der Waals surface area contributed by atoms with Crippen molar-refractivity contribution in [1.82, 2.24) is 0 Å². The van der Waals surface area contributed by atoms with Crippen LogP contribution in [0.2, 0.25) is 5.02 Å². The molecule has 0 saturated heterocycles. The van der Waals surface area contributed by atoms with Crippen molar-refractivity contribution in [2.45, 2.75) is 13.3 Å². The lowest BCUT2D eigenvalue weighted by atomic mass is 10.2. The van der Waals surface area contributed by atoms with Crippen LogP contribution in [0.3, 0.4) is 0 Å². The third-order valence-corrected chi connectivity index (χ3v) is 4.09. The van der Waals surface area contributed by atoms with Gasteiger partial charge in [-0.15, -0.1) is 0 Å². The van der Waals surface area contributed by atoms with Crippen LogP contribution in [-0.2, 0) is 4.79 Å². The van der Waals surface area contributed by atoms with Crippen LogP contribution in [0, 0.1) is 6.92 Å². The van der Waals surface area contributed by atoms with E-state index in [2.05, 4.69) is 26.6 Å². The van der Waals surface area contributed by atoms with E-state index >= 15 is 0 Å². The van der Waals surface area contributed by atoms with Crippen LogP contribution in [0.25, 0.3) is 0 Å². The lowest BCUT2D eigenvalue weighted by molar-refractivity contribution is -0.115. The zero-order chi connectivity index (χ0) is 15.2.